The number of thioether (sulfide) groups is 1. The lowest BCUT2D eigenvalue weighted by atomic mass is 10.1. The van der Waals surface area contributed by atoms with Gasteiger partial charge in [-0.05, 0) is 43.2 Å². The van der Waals surface area contributed by atoms with Gasteiger partial charge in [0.15, 0.2) is 17.3 Å². The molecule has 1 fully saturated rings. The van der Waals surface area contributed by atoms with Crippen LogP contribution in [0.5, 0.6) is 11.5 Å². The Morgan fingerprint density at radius 3 is 2.68 bits per heavy atom. The molecule has 1 unspecified atom stereocenters. The number of nitrogens with zero attached hydrogens (tertiary/aromatic N) is 1. The second-order valence-electron chi connectivity index (χ2n) is 6.50. The summed E-state index contributed by atoms with van der Waals surface area (Å²) in [4.78, 5) is 17.8. The number of ether oxygens (including phenoxy) is 1. The molecule has 0 amide bonds. The second kappa shape index (κ2) is 9.08. The van der Waals surface area contributed by atoms with Gasteiger partial charge in [0.2, 0.25) is 0 Å². The average molecular weight is 397 g/mol. The van der Waals surface area contributed by atoms with Crippen molar-refractivity contribution in [3.05, 3.63) is 64.1 Å². The van der Waals surface area contributed by atoms with Gasteiger partial charge in [0.1, 0.15) is 6.04 Å². The number of carbonyl (C=O) groups is 1. The minimum absolute atomic E-state index is 0.00347. The maximum absolute atomic E-state index is 12.9. The first-order chi connectivity index (χ1) is 13.5. The number of nitrogens with one attached hydrogen (secondary N) is 1. The Hall–Kier alpha value is -2.57. The molecule has 146 valence electrons. The Labute approximate surface area is 169 Å². The lowest BCUT2D eigenvalue weighted by molar-refractivity contribution is -0.115. The van der Waals surface area contributed by atoms with Crippen molar-refractivity contribution in [2.45, 2.75) is 26.4 Å². The van der Waals surface area contributed by atoms with Gasteiger partial charge in [-0.1, -0.05) is 47.7 Å². The summed E-state index contributed by atoms with van der Waals surface area (Å²) in [7, 11) is 1.70. The van der Waals surface area contributed by atoms with E-state index in [0.717, 1.165) is 16.2 Å². The third-order valence-corrected chi connectivity index (χ3v) is 5.57. The summed E-state index contributed by atoms with van der Waals surface area (Å²) < 4.78 is 5.42. The van der Waals surface area contributed by atoms with Crippen molar-refractivity contribution in [3.63, 3.8) is 0 Å². The number of benzene rings is 2. The first-order valence-corrected chi connectivity index (χ1v) is 9.98. The first-order valence-electron chi connectivity index (χ1n) is 9.17. The molecule has 2 N–H and O–H groups in total. The highest BCUT2D eigenvalue weighted by molar-refractivity contribution is 8.19. The van der Waals surface area contributed by atoms with Gasteiger partial charge in [-0.15, -0.1) is 0 Å². The molecule has 0 aliphatic carbocycles. The van der Waals surface area contributed by atoms with Gasteiger partial charge in [-0.2, -0.15) is 0 Å². The first kappa shape index (κ1) is 20.2. The molecular weight excluding hydrogens is 372 g/mol. The van der Waals surface area contributed by atoms with Crippen molar-refractivity contribution in [1.82, 2.24) is 5.32 Å². The second-order valence-corrected chi connectivity index (χ2v) is 7.56. The quantitative estimate of drug-likeness (QED) is 0.724. The van der Waals surface area contributed by atoms with E-state index in [1.54, 1.807) is 25.2 Å². The number of phenols is 1. The van der Waals surface area contributed by atoms with E-state index in [0.29, 0.717) is 23.8 Å². The van der Waals surface area contributed by atoms with Gasteiger partial charge >= 0.3 is 0 Å². The van der Waals surface area contributed by atoms with E-state index in [1.807, 2.05) is 19.9 Å². The number of carbonyl (C=O) groups excluding carboxylic acids is 1. The van der Waals surface area contributed by atoms with E-state index in [9.17, 15) is 9.90 Å². The van der Waals surface area contributed by atoms with Crippen molar-refractivity contribution >= 4 is 28.7 Å². The van der Waals surface area contributed by atoms with E-state index in [-0.39, 0.29) is 11.5 Å². The Kier molecular flexibility index (Phi) is 6.54. The molecule has 1 heterocycles. The summed E-state index contributed by atoms with van der Waals surface area (Å²) in [5.74, 6) is 0.498. The maximum atomic E-state index is 12.9. The summed E-state index contributed by atoms with van der Waals surface area (Å²) in [5.41, 5.74) is 3.13. The molecule has 6 heteroatoms. The van der Waals surface area contributed by atoms with Gasteiger partial charge < -0.3 is 9.84 Å². The van der Waals surface area contributed by atoms with E-state index < -0.39 is 6.04 Å². The predicted octanol–water partition coefficient (Wildman–Crippen LogP) is 3.94. The van der Waals surface area contributed by atoms with E-state index >= 15 is 0 Å². The molecule has 0 aromatic heterocycles. The van der Waals surface area contributed by atoms with E-state index in [2.05, 4.69) is 34.6 Å². The zero-order valence-corrected chi connectivity index (χ0v) is 17.0. The van der Waals surface area contributed by atoms with Crippen LogP contribution in [0.4, 0.5) is 0 Å². The van der Waals surface area contributed by atoms with Crippen LogP contribution in [-0.4, -0.2) is 35.6 Å². The number of aromatic hydroxyl groups is 1. The normalized spacial score (nSPS) is 19.5. The highest BCUT2D eigenvalue weighted by Crippen LogP contribution is 2.34. The molecule has 0 saturated carbocycles. The van der Waals surface area contributed by atoms with Crippen LogP contribution >= 0.6 is 11.8 Å². The number of aliphatic imine (C=N–C) groups is 1. The zero-order valence-electron chi connectivity index (χ0n) is 16.2. The standard InChI is InChI=1S/C22H24N2O3S/c1-4-27-18-11-16(9-10-17(18)25)12-19-21(26)20(22(23-3)28-19)24-13-15-7-5-14(2)6-8-15/h5-12,20,24-25H,4,13H2,1-3H3/b19-12-,23-22?. The lowest BCUT2D eigenvalue weighted by Gasteiger charge is -2.11. The number of aryl methyl sites for hydroxylation is 1. The molecule has 0 spiro atoms. The van der Waals surface area contributed by atoms with Gasteiger partial charge in [-0.3, -0.25) is 15.1 Å². The average Bonchev–Trinajstić information content (AvgIpc) is 2.99. The van der Waals surface area contributed by atoms with E-state index in [4.69, 9.17) is 4.74 Å². The zero-order chi connectivity index (χ0) is 20.1. The molecule has 2 aromatic rings. The summed E-state index contributed by atoms with van der Waals surface area (Å²) >= 11 is 1.38. The third-order valence-electron chi connectivity index (χ3n) is 4.40. The fraction of sp³-hybridized carbons (Fsp3) is 0.273. The predicted molar refractivity (Wildman–Crippen MR) is 115 cm³/mol. The Morgan fingerprint density at radius 1 is 1.25 bits per heavy atom. The summed E-state index contributed by atoms with van der Waals surface area (Å²) in [5, 5.41) is 13.9. The number of hydrogen-bond acceptors (Lipinski definition) is 6. The molecular formula is C22H24N2O3S. The van der Waals surface area contributed by atoms with Crippen LogP contribution < -0.4 is 10.1 Å². The SMILES string of the molecule is CCOc1cc(/C=C2\SC(=NC)C(NCc3ccc(C)cc3)C2=O)ccc1O. The molecule has 2 aromatic carbocycles. The molecule has 28 heavy (non-hydrogen) atoms. The fourth-order valence-electron chi connectivity index (χ4n) is 2.90. The summed E-state index contributed by atoms with van der Waals surface area (Å²) in [6, 6.07) is 12.9. The Bertz CT molecular complexity index is 920. The van der Waals surface area contributed by atoms with Crippen molar-refractivity contribution in [2.24, 2.45) is 4.99 Å². The summed E-state index contributed by atoms with van der Waals surface area (Å²) in [6.07, 6.45) is 1.81. The van der Waals surface area contributed by atoms with Crippen molar-refractivity contribution in [1.29, 1.82) is 0 Å². The molecule has 0 bridgehead atoms. The van der Waals surface area contributed by atoms with Crippen molar-refractivity contribution in [2.75, 3.05) is 13.7 Å². The molecule has 1 aliphatic heterocycles. The van der Waals surface area contributed by atoms with Gasteiger partial charge in [0.25, 0.3) is 0 Å². The fourth-order valence-corrected chi connectivity index (χ4v) is 3.94. The van der Waals surface area contributed by atoms with Crippen molar-refractivity contribution in [3.8, 4) is 11.5 Å². The van der Waals surface area contributed by atoms with Crippen LogP contribution in [0.2, 0.25) is 0 Å². The summed E-state index contributed by atoms with van der Waals surface area (Å²) in [6.45, 7) is 4.96. The monoisotopic (exact) mass is 396 g/mol. The van der Waals surface area contributed by atoms with Gasteiger partial charge in [-0.25, -0.2) is 0 Å². The van der Waals surface area contributed by atoms with Crippen LogP contribution in [0.25, 0.3) is 6.08 Å². The van der Waals surface area contributed by atoms with E-state index in [1.165, 1.54) is 17.3 Å². The van der Waals surface area contributed by atoms with Gasteiger partial charge in [0.05, 0.1) is 16.6 Å². The van der Waals surface area contributed by atoms with Crippen LogP contribution in [-0.2, 0) is 11.3 Å². The van der Waals surface area contributed by atoms with Gasteiger partial charge in [0, 0.05) is 13.6 Å². The number of rotatable bonds is 6. The number of phenolic OH excluding ortho intramolecular Hbond substituents is 1. The highest BCUT2D eigenvalue weighted by Gasteiger charge is 2.35. The lowest BCUT2D eigenvalue weighted by Crippen LogP contribution is -2.37. The highest BCUT2D eigenvalue weighted by atomic mass is 32.2. The third kappa shape index (κ3) is 4.64. The van der Waals surface area contributed by atoms with Crippen LogP contribution in [0.1, 0.15) is 23.6 Å². The van der Waals surface area contributed by atoms with Crippen LogP contribution in [0.15, 0.2) is 52.4 Å². The number of hydrogen-bond donors (Lipinski definition) is 2. The minimum Gasteiger partial charge on any atom is -0.504 e. The number of Topliss-reactive ketones (excluding diaryl/α,β-unsaturated/α-hetero) is 1. The van der Waals surface area contributed by atoms with Crippen LogP contribution in [0, 0.1) is 6.92 Å². The molecule has 5 nitrogen and oxygen atoms in total. The molecule has 1 aliphatic rings. The topological polar surface area (TPSA) is 70.9 Å². The smallest absolute Gasteiger partial charge is 0.193 e. The molecule has 0 radical (unpaired) electrons. The Morgan fingerprint density at radius 2 is 2.00 bits per heavy atom. The largest absolute Gasteiger partial charge is 0.504 e. The van der Waals surface area contributed by atoms with Crippen LogP contribution in [0.3, 0.4) is 0 Å². The minimum atomic E-state index is -0.439. The maximum Gasteiger partial charge on any atom is 0.193 e. The molecule has 3 rings (SSSR count). The molecule has 1 saturated heterocycles. The van der Waals surface area contributed by atoms with Crippen molar-refractivity contribution < 1.29 is 14.6 Å². The molecule has 1 atom stereocenters. The number of ketones is 1. The Balaban J connectivity index is 1.77.